The average molecular weight is 726 g/mol. The molecule has 1 fully saturated rings. The Hall–Kier alpha value is 0.987. The third kappa shape index (κ3) is 13.4. The number of halogens is 1. The molecular weight excluding hydrogens is 662 g/mol. The fraction of sp³-hybridized carbons (Fsp3) is 0.800. The Morgan fingerprint density at radius 3 is 2.14 bits per heavy atom. The molecule has 0 unspecified atom stereocenters. The molecule has 254 valence electrons. The molecule has 0 aliphatic carbocycles. The van der Waals surface area contributed by atoms with Gasteiger partial charge in [-0.1, -0.05) is 53.4 Å². The molecule has 0 radical (unpaired) electrons. The Morgan fingerprint density at radius 2 is 1.57 bits per heavy atom. The summed E-state index contributed by atoms with van der Waals surface area (Å²) < 4.78 is 31.6. The van der Waals surface area contributed by atoms with Crippen LogP contribution in [0.4, 0.5) is 4.39 Å². The zero-order valence-corrected chi connectivity index (χ0v) is 34.1. The van der Waals surface area contributed by atoms with Crippen LogP contribution in [0.5, 0.6) is 11.5 Å². The van der Waals surface area contributed by atoms with Crippen molar-refractivity contribution < 1.29 is 18.3 Å². The topological polar surface area (TPSA) is 30.9 Å². The normalized spacial score (nSPS) is 19.5. The number of fused-ring (bicyclic) bond motifs is 3. The van der Waals surface area contributed by atoms with Crippen molar-refractivity contribution in [1.82, 2.24) is 4.90 Å². The van der Waals surface area contributed by atoms with E-state index in [1.807, 2.05) is 0 Å². The Labute approximate surface area is 300 Å². The van der Waals surface area contributed by atoms with Crippen molar-refractivity contribution >= 4 is 89.3 Å². The summed E-state index contributed by atoms with van der Waals surface area (Å²) in [4.78, 5) is 2.70. The van der Waals surface area contributed by atoms with Crippen LogP contribution in [-0.2, 0) is 11.2 Å². The second-order valence-electron chi connectivity index (χ2n) is 12.5. The number of methoxy groups -OCH3 is 1. The number of benzene rings is 1. The van der Waals surface area contributed by atoms with Gasteiger partial charge in [0.2, 0.25) is 0 Å². The second-order valence-corrected chi connectivity index (χ2v) is 17.2. The van der Waals surface area contributed by atoms with Gasteiger partial charge in [-0.05, 0) is 79.4 Å². The fourth-order valence-corrected chi connectivity index (χ4v) is 6.50. The molecular formula is C30H64FNO3S6Si. The van der Waals surface area contributed by atoms with Crippen LogP contribution in [0.2, 0.25) is 18.1 Å². The van der Waals surface area contributed by atoms with Crippen molar-refractivity contribution in [2.75, 3.05) is 33.5 Å². The van der Waals surface area contributed by atoms with Crippen LogP contribution < -0.4 is 9.16 Å². The first-order valence-corrected chi connectivity index (χ1v) is 17.3. The molecule has 2 heterocycles. The summed E-state index contributed by atoms with van der Waals surface area (Å²) in [5, 5.41) is 0.125. The number of hydrogen-bond acceptors (Lipinski definition) is 4. The molecule has 2 aliphatic heterocycles. The first-order chi connectivity index (χ1) is 17.1. The lowest BCUT2D eigenvalue weighted by molar-refractivity contribution is -0.0621. The molecule has 3 rings (SSSR count). The van der Waals surface area contributed by atoms with Crippen LogP contribution in [0.15, 0.2) is 12.1 Å². The molecule has 4 nitrogen and oxygen atoms in total. The summed E-state index contributed by atoms with van der Waals surface area (Å²) in [5.74, 6) is 2.36. The maximum Gasteiger partial charge on any atom is 0.250 e. The summed E-state index contributed by atoms with van der Waals surface area (Å²) in [6, 6.07) is 4.90. The molecule has 0 aromatic heterocycles. The maximum atomic E-state index is 12.4. The third-order valence-electron chi connectivity index (χ3n) is 8.80. The summed E-state index contributed by atoms with van der Waals surface area (Å²) in [7, 11) is -0.239. The largest absolute Gasteiger partial charge is 0.541 e. The van der Waals surface area contributed by atoms with Gasteiger partial charge in [0.25, 0.3) is 8.32 Å². The van der Waals surface area contributed by atoms with E-state index < -0.39 is 8.32 Å². The number of ether oxygens (including phenoxy) is 2. The number of nitrogens with zero attached hydrogens (tertiary/aromatic N) is 1. The standard InChI is InChI=1S/C30H52FNO3Si.6H2S/c1-8-9-14-24-22-32-17-15-23-19-28(33-5)29(35-36(6,7)30(2,3)4)20-25(23)26(32)21-27(24)34-18-13-11-10-12-16-31;;;;;;/h19-20,24,26-27H,8-18,21-22H2,1-7H3;6*1H2/t24-,26-,27-;;;;;;/m0....../s1/i31+0;;;;;;. The van der Waals surface area contributed by atoms with Gasteiger partial charge in [-0.3, -0.25) is 9.29 Å². The smallest absolute Gasteiger partial charge is 0.250 e. The van der Waals surface area contributed by atoms with Gasteiger partial charge in [0, 0.05) is 25.7 Å². The van der Waals surface area contributed by atoms with Crippen LogP contribution in [-0.4, -0.2) is 52.8 Å². The Balaban J connectivity index is -0.00000120. The molecule has 0 bridgehead atoms. The van der Waals surface area contributed by atoms with Gasteiger partial charge in [0.1, 0.15) is 5.75 Å². The average Bonchev–Trinajstić information content (AvgIpc) is 2.83. The van der Waals surface area contributed by atoms with E-state index in [1.165, 1.54) is 30.4 Å². The summed E-state index contributed by atoms with van der Waals surface area (Å²) in [6.07, 6.45) is 9.85. The Bertz CT molecular complexity index is 850. The van der Waals surface area contributed by atoms with Crippen molar-refractivity contribution in [1.29, 1.82) is 0 Å². The van der Waals surface area contributed by atoms with Gasteiger partial charge in [0.15, 0.2) is 5.75 Å². The number of piperidine rings is 1. The van der Waals surface area contributed by atoms with E-state index in [0.717, 1.165) is 63.3 Å². The Kier molecular flexibility index (Phi) is 27.7. The maximum absolute atomic E-state index is 12.4. The van der Waals surface area contributed by atoms with Crippen LogP contribution in [0, 0.1) is 5.92 Å². The van der Waals surface area contributed by atoms with E-state index in [4.69, 9.17) is 13.9 Å². The highest BCUT2D eigenvalue weighted by molar-refractivity contribution is 7.60. The van der Waals surface area contributed by atoms with E-state index in [1.54, 1.807) is 7.11 Å². The molecule has 42 heavy (non-hydrogen) atoms. The summed E-state index contributed by atoms with van der Waals surface area (Å²) in [6.45, 7) is 16.5. The summed E-state index contributed by atoms with van der Waals surface area (Å²) >= 11 is 0. The van der Waals surface area contributed by atoms with E-state index in [2.05, 4.69) is 57.8 Å². The number of hydrogen-bond donors (Lipinski definition) is 0. The number of alkyl halides is 1. The van der Waals surface area contributed by atoms with Crippen molar-refractivity contribution in [3.05, 3.63) is 23.3 Å². The van der Waals surface area contributed by atoms with Gasteiger partial charge >= 0.3 is 0 Å². The minimum atomic E-state index is -2.00. The summed E-state index contributed by atoms with van der Waals surface area (Å²) in [5.41, 5.74) is 2.80. The van der Waals surface area contributed by atoms with Crippen molar-refractivity contribution in [2.45, 2.75) is 116 Å². The lowest BCUT2D eigenvalue weighted by atomic mass is 9.80. The minimum Gasteiger partial charge on any atom is -0.541 e. The number of unbranched alkanes of at least 4 members (excludes halogenated alkanes) is 4. The van der Waals surface area contributed by atoms with Gasteiger partial charge in [0.05, 0.1) is 19.9 Å². The van der Waals surface area contributed by atoms with Crippen LogP contribution in [0.3, 0.4) is 0 Å². The molecule has 1 aromatic carbocycles. The molecule has 0 amide bonds. The van der Waals surface area contributed by atoms with Gasteiger partial charge in [-0.25, -0.2) is 0 Å². The zero-order valence-electron chi connectivity index (χ0n) is 27.1. The first-order valence-electron chi connectivity index (χ1n) is 14.4. The van der Waals surface area contributed by atoms with E-state index in [0.29, 0.717) is 18.4 Å². The van der Waals surface area contributed by atoms with Crippen molar-refractivity contribution in [3.8, 4) is 11.5 Å². The quantitative estimate of drug-likeness (QED) is 0.150. The SMILES string of the molecule is CCCC[C@H]1CN2CCc3cc(OC)c(O[Si](C)(C)C(C)(C)C)cc3[C@@H]2C[C@@H]1OCCCCCC[19F].S.S.S.S.S.S. The van der Waals surface area contributed by atoms with Crippen LogP contribution in [0.1, 0.15) is 96.2 Å². The van der Waals surface area contributed by atoms with Crippen molar-refractivity contribution in [2.24, 2.45) is 5.92 Å². The molecule has 0 N–H and O–H groups in total. The highest BCUT2D eigenvalue weighted by Crippen LogP contribution is 2.46. The monoisotopic (exact) mass is 725 g/mol. The van der Waals surface area contributed by atoms with Crippen LogP contribution in [0.25, 0.3) is 0 Å². The zero-order chi connectivity index (χ0) is 26.3. The van der Waals surface area contributed by atoms with Gasteiger partial charge in [-0.15, -0.1) is 0 Å². The highest BCUT2D eigenvalue weighted by atomic mass is 32.1. The number of rotatable bonds is 13. The molecule has 0 saturated carbocycles. The molecule has 0 spiro atoms. The van der Waals surface area contributed by atoms with Gasteiger partial charge in [-0.2, -0.15) is 81.0 Å². The second kappa shape index (κ2) is 23.3. The van der Waals surface area contributed by atoms with Gasteiger partial charge < -0.3 is 13.9 Å². The first kappa shape index (κ1) is 49.9. The molecule has 1 aromatic rings. The van der Waals surface area contributed by atoms with Crippen LogP contribution >= 0.6 is 81.0 Å². The molecule has 12 heteroatoms. The molecule has 2 aliphatic rings. The van der Waals surface area contributed by atoms with Crippen molar-refractivity contribution in [3.63, 3.8) is 0 Å². The molecule has 3 atom stereocenters. The van der Waals surface area contributed by atoms with E-state index in [9.17, 15) is 4.39 Å². The Morgan fingerprint density at radius 1 is 0.929 bits per heavy atom. The predicted octanol–water partition coefficient (Wildman–Crippen LogP) is 8.78. The predicted molar refractivity (Wildman–Crippen MR) is 213 cm³/mol. The fourth-order valence-electron chi connectivity index (χ4n) is 5.49. The molecule has 1 saturated heterocycles. The third-order valence-corrected chi connectivity index (χ3v) is 13.1. The van der Waals surface area contributed by atoms with E-state index in [-0.39, 0.29) is 98.8 Å². The van der Waals surface area contributed by atoms with E-state index >= 15 is 0 Å². The lowest BCUT2D eigenvalue weighted by Gasteiger charge is -2.47. The minimum absolute atomic E-state index is 0. The lowest BCUT2D eigenvalue weighted by Crippen LogP contribution is -2.49. The highest BCUT2D eigenvalue weighted by Gasteiger charge is 2.42.